The monoisotopic (exact) mass is 548 g/mol. The first-order valence-corrected chi connectivity index (χ1v) is 12.9. The molecule has 0 atom stereocenters. The number of ketones is 2. The highest BCUT2D eigenvalue weighted by Gasteiger charge is 2.38. The summed E-state index contributed by atoms with van der Waals surface area (Å²) in [5.74, 6) is -1.81. The van der Waals surface area contributed by atoms with E-state index in [1.54, 1.807) is 24.3 Å². The van der Waals surface area contributed by atoms with Gasteiger partial charge in [0, 0.05) is 42.2 Å². The Morgan fingerprint density at radius 1 is 0.800 bits per heavy atom. The number of phenols is 2. The molecule has 0 bridgehead atoms. The van der Waals surface area contributed by atoms with Crippen molar-refractivity contribution in [2.24, 2.45) is 0 Å². The van der Waals surface area contributed by atoms with Gasteiger partial charge in [0.15, 0.2) is 0 Å². The zero-order valence-corrected chi connectivity index (χ0v) is 23.0. The van der Waals surface area contributed by atoms with Crippen LogP contribution in [0.25, 0.3) is 0 Å². The summed E-state index contributed by atoms with van der Waals surface area (Å²) >= 11 is 0. The Hall–Kier alpha value is -4.48. The number of quaternary nitrogens is 1. The third kappa shape index (κ3) is 5.90. The molecule has 40 heavy (non-hydrogen) atoms. The number of nitro groups is 1. The first kappa shape index (κ1) is 28.5. The van der Waals surface area contributed by atoms with Crippen molar-refractivity contribution in [1.82, 2.24) is 4.90 Å². The highest BCUT2D eigenvalue weighted by molar-refractivity contribution is 6.33. The Balaban J connectivity index is 1.59. The van der Waals surface area contributed by atoms with Crippen LogP contribution in [-0.2, 0) is 6.54 Å². The number of fused-ring (bicyclic) bond motifs is 2. The minimum Gasteiger partial charge on any atom is -0.507 e. The Bertz CT molecular complexity index is 1470. The fourth-order valence-electron chi connectivity index (χ4n) is 4.86. The topological polar surface area (TPSA) is 145 Å². The molecular weight excluding hydrogens is 514 g/mol. The van der Waals surface area contributed by atoms with E-state index in [0.717, 1.165) is 5.56 Å². The maximum atomic E-state index is 13.7. The van der Waals surface area contributed by atoms with E-state index in [9.17, 15) is 29.9 Å². The molecule has 0 saturated carbocycles. The molecule has 0 unspecified atom stereocenters. The van der Waals surface area contributed by atoms with E-state index in [1.807, 2.05) is 33.1 Å². The van der Waals surface area contributed by atoms with Crippen LogP contribution >= 0.6 is 0 Å². The summed E-state index contributed by atoms with van der Waals surface area (Å²) in [6.07, 6.45) is 0. The SMILES string of the molecule is CN(C)CCNc1ccc(NCC[N+](C)(C)Cc2ccc([N+](=O)[O-])cc2)c2c1C(=O)c1c(O)ccc(O)c1C2=O. The molecule has 11 nitrogen and oxygen atoms in total. The zero-order valence-electron chi connectivity index (χ0n) is 23.0. The van der Waals surface area contributed by atoms with Crippen molar-refractivity contribution in [3.8, 4) is 11.5 Å². The van der Waals surface area contributed by atoms with Gasteiger partial charge in [0.25, 0.3) is 5.69 Å². The van der Waals surface area contributed by atoms with Crippen LogP contribution in [0, 0.1) is 10.1 Å². The number of hydrogen-bond acceptors (Lipinski definition) is 9. The van der Waals surface area contributed by atoms with Gasteiger partial charge >= 0.3 is 0 Å². The van der Waals surface area contributed by atoms with Crippen molar-refractivity contribution >= 4 is 28.6 Å². The number of hydrogen-bond donors (Lipinski definition) is 4. The van der Waals surface area contributed by atoms with Crippen LogP contribution in [0.15, 0.2) is 48.5 Å². The second kappa shape index (κ2) is 11.3. The largest absolute Gasteiger partial charge is 0.507 e. The number of nitrogens with one attached hydrogen (secondary N) is 2. The van der Waals surface area contributed by atoms with Gasteiger partial charge < -0.3 is 30.2 Å². The Morgan fingerprint density at radius 3 is 1.77 bits per heavy atom. The molecule has 11 heteroatoms. The van der Waals surface area contributed by atoms with E-state index in [4.69, 9.17) is 0 Å². The summed E-state index contributed by atoms with van der Waals surface area (Å²) in [7, 11) is 7.92. The molecule has 0 heterocycles. The fourth-order valence-corrected chi connectivity index (χ4v) is 4.86. The maximum Gasteiger partial charge on any atom is 0.269 e. The van der Waals surface area contributed by atoms with Gasteiger partial charge in [-0.25, -0.2) is 0 Å². The minimum atomic E-state index is -0.545. The summed E-state index contributed by atoms with van der Waals surface area (Å²) < 4.78 is 0.557. The molecule has 1 aliphatic carbocycles. The predicted octanol–water partition coefficient (Wildman–Crippen LogP) is 3.44. The predicted molar refractivity (Wildman–Crippen MR) is 152 cm³/mol. The van der Waals surface area contributed by atoms with E-state index in [2.05, 4.69) is 10.6 Å². The molecule has 0 radical (unpaired) electrons. The Morgan fingerprint density at radius 2 is 1.30 bits per heavy atom. The van der Waals surface area contributed by atoms with Gasteiger partial charge in [0.2, 0.25) is 11.6 Å². The van der Waals surface area contributed by atoms with Crippen LogP contribution in [0.5, 0.6) is 11.5 Å². The molecule has 0 spiro atoms. The van der Waals surface area contributed by atoms with E-state index in [-0.39, 0.29) is 39.4 Å². The lowest BCUT2D eigenvalue weighted by atomic mass is 9.81. The van der Waals surface area contributed by atoms with Crippen molar-refractivity contribution in [2.75, 3.05) is 65.0 Å². The first-order valence-electron chi connectivity index (χ1n) is 12.9. The molecule has 0 saturated heterocycles. The number of carbonyl (C=O) groups is 2. The average Bonchev–Trinajstić information content (AvgIpc) is 2.88. The molecule has 0 amide bonds. The Kier molecular flexibility index (Phi) is 8.08. The lowest BCUT2D eigenvalue weighted by Gasteiger charge is -2.30. The molecular formula is C29H34N5O6+. The van der Waals surface area contributed by atoms with Crippen molar-refractivity contribution in [2.45, 2.75) is 6.54 Å². The van der Waals surface area contributed by atoms with Crippen LogP contribution in [0.3, 0.4) is 0 Å². The summed E-state index contributed by atoms with van der Waals surface area (Å²) in [6.45, 7) is 2.95. The second-order valence-electron chi connectivity index (χ2n) is 10.8. The van der Waals surface area contributed by atoms with Gasteiger partial charge in [-0.15, -0.1) is 0 Å². The van der Waals surface area contributed by atoms with Gasteiger partial charge in [0.1, 0.15) is 18.0 Å². The normalized spacial score (nSPS) is 12.7. The number of rotatable bonds is 11. The van der Waals surface area contributed by atoms with E-state index < -0.39 is 16.5 Å². The number of nitrogens with zero attached hydrogens (tertiary/aromatic N) is 3. The molecule has 0 aromatic heterocycles. The highest BCUT2D eigenvalue weighted by atomic mass is 16.6. The first-order chi connectivity index (χ1) is 18.9. The van der Waals surface area contributed by atoms with Gasteiger partial charge in [-0.1, -0.05) is 0 Å². The van der Waals surface area contributed by atoms with Crippen molar-refractivity contribution in [1.29, 1.82) is 0 Å². The number of non-ortho nitro benzene ring substituents is 1. The highest BCUT2D eigenvalue weighted by Crippen LogP contribution is 2.42. The third-order valence-electron chi connectivity index (χ3n) is 6.94. The van der Waals surface area contributed by atoms with Crippen LogP contribution in [0.2, 0.25) is 0 Å². The Labute approximate surface area is 232 Å². The lowest BCUT2D eigenvalue weighted by Crippen LogP contribution is -2.42. The van der Waals surface area contributed by atoms with E-state index in [1.165, 1.54) is 24.3 Å². The molecule has 0 aliphatic heterocycles. The van der Waals surface area contributed by atoms with E-state index >= 15 is 0 Å². The van der Waals surface area contributed by atoms with E-state index in [0.29, 0.717) is 48.6 Å². The van der Waals surface area contributed by atoms with Gasteiger partial charge in [-0.2, -0.15) is 0 Å². The fraction of sp³-hybridized carbons (Fsp3) is 0.310. The third-order valence-corrected chi connectivity index (χ3v) is 6.94. The second-order valence-corrected chi connectivity index (χ2v) is 10.8. The zero-order chi connectivity index (χ0) is 29.2. The minimum absolute atomic E-state index is 0.0419. The lowest BCUT2D eigenvalue weighted by molar-refractivity contribution is -0.902. The van der Waals surface area contributed by atoms with Crippen LogP contribution < -0.4 is 10.6 Å². The van der Waals surface area contributed by atoms with Gasteiger partial charge in [0.05, 0.1) is 54.4 Å². The number of phenolic OH excluding ortho intramolecular Hbond substituents is 2. The number of benzene rings is 3. The van der Waals surface area contributed by atoms with Crippen molar-refractivity contribution < 1.29 is 29.2 Å². The van der Waals surface area contributed by atoms with Crippen LogP contribution in [0.4, 0.5) is 17.1 Å². The number of anilines is 2. The van der Waals surface area contributed by atoms with Crippen molar-refractivity contribution in [3.05, 3.63) is 86.5 Å². The summed E-state index contributed by atoms with van der Waals surface area (Å²) in [6, 6.07) is 12.3. The van der Waals surface area contributed by atoms with Crippen molar-refractivity contribution in [3.63, 3.8) is 0 Å². The number of nitro benzene ring substituents is 1. The quantitative estimate of drug-likeness (QED) is 0.0958. The molecule has 4 N–H and O–H groups in total. The molecule has 3 aromatic carbocycles. The number of likely N-dealkylation sites (N-methyl/N-ethyl adjacent to an activating group) is 2. The molecule has 3 aromatic rings. The molecule has 1 aliphatic rings. The smallest absolute Gasteiger partial charge is 0.269 e. The molecule has 210 valence electrons. The van der Waals surface area contributed by atoms with Crippen LogP contribution in [-0.4, -0.2) is 90.5 Å². The number of aromatic hydroxyl groups is 2. The molecule has 4 rings (SSSR count). The number of carbonyl (C=O) groups excluding carboxylic acids is 2. The van der Waals surface area contributed by atoms with Gasteiger partial charge in [-0.05, 0) is 50.5 Å². The summed E-state index contributed by atoms with van der Waals surface area (Å²) in [5.41, 5.74) is 1.81. The summed E-state index contributed by atoms with van der Waals surface area (Å²) in [5, 5.41) is 38.4. The summed E-state index contributed by atoms with van der Waals surface area (Å²) in [4.78, 5) is 39.9. The molecule has 0 fully saturated rings. The standard InChI is InChI=1S/C29H33N5O6/c1-32(2)15-13-30-20-9-10-21(25-24(20)28(37)26-22(35)11-12-23(36)27(26)29(25)38)31-14-16-34(3,4)17-18-5-7-19(8-6-18)33(39)40/h5-12H,13-17H2,1-4H3,(H3-,30,31,35,36,37,38)/p+1. The average molecular weight is 549 g/mol. The van der Waals surface area contributed by atoms with Crippen LogP contribution in [0.1, 0.15) is 37.4 Å². The maximum absolute atomic E-state index is 13.7. The van der Waals surface area contributed by atoms with Gasteiger partial charge in [-0.3, -0.25) is 19.7 Å².